The van der Waals surface area contributed by atoms with E-state index in [0.29, 0.717) is 11.8 Å². The highest BCUT2D eigenvalue weighted by atomic mass is 16.6. The van der Waals surface area contributed by atoms with Crippen molar-refractivity contribution >= 4 is 11.9 Å². The Labute approximate surface area is 137 Å². The number of carbonyl (C=O) groups is 2. The summed E-state index contributed by atoms with van der Waals surface area (Å²) in [7, 11) is 1.70. The second-order valence-electron chi connectivity index (χ2n) is 7.16. The van der Waals surface area contributed by atoms with Crippen molar-refractivity contribution in [2.75, 3.05) is 7.11 Å². The number of methoxy groups -OCH3 is 1. The Morgan fingerprint density at radius 1 is 1.22 bits per heavy atom. The van der Waals surface area contributed by atoms with Gasteiger partial charge >= 0.3 is 5.97 Å². The fraction of sp³-hybridized carbons (Fsp3) is 0.882. The first-order chi connectivity index (χ1) is 10.9. The van der Waals surface area contributed by atoms with Gasteiger partial charge in [-0.2, -0.15) is 0 Å². The molecular weight excluding hydrogens is 298 g/mol. The number of hydrogen-bond donors (Lipinski definition) is 2. The molecule has 1 saturated carbocycles. The maximum atomic E-state index is 12.3. The molecule has 0 spiro atoms. The Bertz CT molecular complexity index is 419. The molecule has 4 atom stereocenters. The van der Waals surface area contributed by atoms with Crippen LogP contribution in [0.1, 0.15) is 52.4 Å². The summed E-state index contributed by atoms with van der Waals surface area (Å²) in [6.45, 7) is 4.22. The van der Waals surface area contributed by atoms with Gasteiger partial charge in [0.25, 0.3) is 5.91 Å². The number of aliphatic carboxylic acids is 1. The number of carboxylic acids is 1. The standard InChI is InChI=1S/C17H29NO5/c1-10(2)9-12(13(22-3)11-7-5-4-6-8-11)18-16(19)14-15(23-14)17(20)21/h10-15H,4-9H2,1-3H3,(H,18,19)(H,20,21)/t12-,13+,14-,15-/m0/s1. The van der Waals surface area contributed by atoms with Gasteiger partial charge in [0.1, 0.15) is 0 Å². The molecule has 2 fully saturated rings. The molecule has 0 unspecified atom stereocenters. The van der Waals surface area contributed by atoms with E-state index in [1.54, 1.807) is 7.11 Å². The predicted molar refractivity (Wildman–Crippen MR) is 85.1 cm³/mol. The molecule has 6 heteroatoms. The van der Waals surface area contributed by atoms with E-state index < -0.39 is 18.2 Å². The van der Waals surface area contributed by atoms with Crippen LogP contribution in [0.2, 0.25) is 0 Å². The van der Waals surface area contributed by atoms with Crippen molar-refractivity contribution in [1.82, 2.24) is 5.32 Å². The van der Waals surface area contributed by atoms with E-state index in [9.17, 15) is 9.59 Å². The van der Waals surface area contributed by atoms with Crippen molar-refractivity contribution in [3.05, 3.63) is 0 Å². The van der Waals surface area contributed by atoms with Crippen LogP contribution >= 0.6 is 0 Å². The zero-order valence-electron chi connectivity index (χ0n) is 14.3. The summed E-state index contributed by atoms with van der Waals surface area (Å²) in [4.78, 5) is 23.1. The molecular formula is C17H29NO5. The van der Waals surface area contributed by atoms with Crippen molar-refractivity contribution in [2.45, 2.75) is 76.7 Å². The quantitative estimate of drug-likeness (QED) is 0.665. The van der Waals surface area contributed by atoms with Crippen LogP contribution in [0.15, 0.2) is 0 Å². The van der Waals surface area contributed by atoms with Crippen LogP contribution in [-0.2, 0) is 19.1 Å². The van der Waals surface area contributed by atoms with Crippen LogP contribution in [0.5, 0.6) is 0 Å². The highest BCUT2D eigenvalue weighted by molar-refractivity contribution is 5.92. The van der Waals surface area contributed by atoms with Crippen molar-refractivity contribution in [2.24, 2.45) is 11.8 Å². The smallest absolute Gasteiger partial charge is 0.336 e. The lowest BCUT2D eigenvalue weighted by atomic mass is 9.80. The van der Waals surface area contributed by atoms with Crippen molar-refractivity contribution < 1.29 is 24.2 Å². The Morgan fingerprint density at radius 3 is 2.35 bits per heavy atom. The van der Waals surface area contributed by atoms with Gasteiger partial charge < -0.3 is 19.9 Å². The summed E-state index contributed by atoms with van der Waals surface area (Å²) in [5.74, 6) is -0.549. The molecule has 0 bridgehead atoms. The fourth-order valence-corrected chi connectivity index (χ4v) is 3.70. The lowest BCUT2D eigenvalue weighted by Crippen LogP contribution is -2.50. The molecule has 1 heterocycles. The number of carbonyl (C=O) groups excluding carboxylic acids is 1. The number of rotatable bonds is 8. The lowest BCUT2D eigenvalue weighted by Gasteiger charge is -2.36. The molecule has 0 aromatic carbocycles. The van der Waals surface area contributed by atoms with Gasteiger partial charge in [0.15, 0.2) is 12.2 Å². The SMILES string of the molecule is CO[C@H](C1CCCCC1)[C@H](CC(C)C)NC(=O)[C@H]1O[C@@H]1C(=O)O. The maximum absolute atomic E-state index is 12.3. The third kappa shape index (κ3) is 4.91. The molecule has 1 saturated heterocycles. The van der Waals surface area contributed by atoms with E-state index in [2.05, 4.69) is 19.2 Å². The van der Waals surface area contributed by atoms with Crippen LogP contribution in [0, 0.1) is 11.8 Å². The van der Waals surface area contributed by atoms with Crippen LogP contribution in [0.4, 0.5) is 0 Å². The van der Waals surface area contributed by atoms with Crippen LogP contribution in [0.3, 0.4) is 0 Å². The molecule has 2 aliphatic rings. The molecule has 2 N–H and O–H groups in total. The summed E-state index contributed by atoms with van der Waals surface area (Å²) in [5.41, 5.74) is 0. The number of nitrogens with one attached hydrogen (secondary N) is 1. The summed E-state index contributed by atoms with van der Waals surface area (Å²) < 4.78 is 10.7. The topological polar surface area (TPSA) is 88.2 Å². The van der Waals surface area contributed by atoms with Crippen LogP contribution in [-0.4, -0.2) is 48.4 Å². The van der Waals surface area contributed by atoms with Gasteiger partial charge in [-0.25, -0.2) is 4.79 Å². The monoisotopic (exact) mass is 327 g/mol. The molecule has 0 aromatic heterocycles. The molecule has 1 aliphatic carbocycles. The maximum Gasteiger partial charge on any atom is 0.336 e. The Hall–Kier alpha value is -1.14. The first kappa shape index (κ1) is 18.2. The third-order valence-corrected chi connectivity index (χ3v) is 4.83. The van der Waals surface area contributed by atoms with E-state index >= 15 is 0 Å². The zero-order valence-corrected chi connectivity index (χ0v) is 14.3. The van der Waals surface area contributed by atoms with E-state index in [0.717, 1.165) is 19.3 Å². The van der Waals surface area contributed by atoms with E-state index in [-0.39, 0.29) is 18.1 Å². The molecule has 1 aliphatic heterocycles. The minimum atomic E-state index is -1.08. The van der Waals surface area contributed by atoms with Gasteiger partial charge in [0.05, 0.1) is 12.1 Å². The second-order valence-corrected chi connectivity index (χ2v) is 7.16. The van der Waals surface area contributed by atoms with Gasteiger partial charge in [-0.3, -0.25) is 4.79 Å². The first-order valence-corrected chi connectivity index (χ1v) is 8.65. The van der Waals surface area contributed by atoms with Gasteiger partial charge in [-0.05, 0) is 31.1 Å². The fourth-order valence-electron chi connectivity index (χ4n) is 3.70. The predicted octanol–water partition coefficient (Wildman–Crippen LogP) is 1.96. The summed E-state index contributed by atoms with van der Waals surface area (Å²) in [5, 5.41) is 11.9. The van der Waals surface area contributed by atoms with Crippen molar-refractivity contribution in [3.63, 3.8) is 0 Å². The summed E-state index contributed by atoms with van der Waals surface area (Å²) in [6.07, 6.45) is 4.87. The van der Waals surface area contributed by atoms with Crippen molar-refractivity contribution in [1.29, 1.82) is 0 Å². The first-order valence-electron chi connectivity index (χ1n) is 8.65. The number of carboxylic acid groups (broad SMARTS) is 1. The normalized spacial score (nSPS) is 27.5. The third-order valence-electron chi connectivity index (χ3n) is 4.83. The van der Waals surface area contributed by atoms with E-state index in [1.807, 2.05) is 0 Å². The molecule has 1 amide bonds. The summed E-state index contributed by atoms with van der Waals surface area (Å²) >= 11 is 0. The molecule has 132 valence electrons. The number of epoxide rings is 1. The second kappa shape index (κ2) is 8.11. The number of amides is 1. The van der Waals surface area contributed by atoms with E-state index in [1.165, 1.54) is 19.3 Å². The minimum absolute atomic E-state index is 0.0244. The highest BCUT2D eigenvalue weighted by Gasteiger charge is 2.51. The van der Waals surface area contributed by atoms with Crippen molar-refractivity contribution in [3.8, 4) is 0 Å². The molecule has 0 aromatic rings. The molecule has 6 nitrogen and oxygen atoms in total. The Balaban J connectivity index is 1.99. The molecule has 23 heavy (non-hydrogen) atoms. The number of ether oxygens (including phenoxy) is 2. The average Bonchev–Trinajstić information content (AvgIpc) is 3.29. The van der Waals surface area contributed by atoms with E-state index in [4.69, 9.17) is 14.6 Å². The van der Waals surface area contributed by atoms with Crippen LogP contribution in [0.25, 0.3) is 0 Å². The molecule has 0 radical (unpaired) electrons. The Kier molecular flexibility index (Phi) is 6.41. The Morgan fingerprint density at radius 2 is 1.87 bits per heavy atom. The summed E-state index contributed by atoms with van der Waals surface area (Å²) in [6, 6.07) is -0.103. The van der Waals surface area contributed by atoms with Gasteiger partial charge in [0.2, 0.25) is 0 Å². The van der Waals surface area contributed by atoms with Gasteiger partial charge in [-0.15, -0.1) is 0 Å². The molecule has 2 rings (SSSR count). The highest BCUT2D eigenvalue weighted by Crippen LogP contribution is 2.31. The minimum Gasteiger partial charge on any atom is -0.479 e. The zero-order chi connectivity index (χ0) is 17.0. The largest absolute Gasteiger partial charge is 0.479 e. The lowest BCUT2D eigenvalue weighted by molar-refractivity contribution is -0.138. The number of hydrogen-bond acceptors (Lipinski definition) is 4. The van der Waals surface area contributed by atoms with Gasteiger partial charge in [-0.1, -0.05) is 33.1 Å². The van der Waals surface area contributed by atoms with Crippen LogP contribution < -0.4 is 5.32 Å². The van der Waals surface area contributed by atoms with Gasteiger partial charge in [0, 0.05) is 7.11 Å². The average molecular weight is 327 g/mol.